The third kappa shape index (κ3) is 4.82. The Balaban J connectivity index is 1.54. The summed E-state index contributed by atoms with van der Waals surface area (Å²) in [6, 6.07) is 19.4. The first-order valence-electron chi connectivity index (χ1n) is 9.20. The fourth-order valence-corrected chi connectivity index (χ4v) is 3.49. The maximum absolute atomic E-state index is 12.1. The van der Waals surface area contributed by atoms with Crippen molar-refractivity contribution >= 4 is 5.91 Å². The van der Waals surface area contributed by atoms with Crippen molar-refractivity contribution in [3.05, 3.63) is 71.8 Å². The molecular weight excluding hydrogens is 306 g/mol. The van der Waals surface area contributed by atoms with E-state index in [4.69, 9.17) is 0 Å². The Labute approximate surface area is 151 Å². The molecule has 25 heavy (non-hydrogen) atoms. The van der Waals surface area contributed by atoms with Crippen LogP contribution in [0.15, 0.2) is 66.2 Å². The minimum atomic E-state index is 0.172. The summed E-state index contributed by atoms with van der Waals surface area (Å²) in [6.07, 6.45) is 5.06. The summed E-state index contributed by atoms with van der Waals surface area (Å²) in [4.78, 5) is 14.1. The second-order valence-electron chi connectivity index (χ2n) is 7.26. The van der Waals surface area contributed by atoms with E-state index in [0.29, 0.717) is 5.92 Å². The van der Waals surface area contributed by atoms with Gasteiger partial charge >= 0.3 is 0 Å². The smallest absolute Gasteiger partial charge is 0.246 e. The van der Waals surface area contributed by atoms with E-state index >= 15 is 0 Å². The Kier molecular flexibility index (Phi) is 5.70. The van der Waals surface area contributed by atoms with Crippen molar-refractivity contribution in [2.75, 3.05) is 13.1 Å². The lowest BCUT2D eigenvalue weighted by Crippen LogP contribution is -2.38. The first kappa shape index (κ1) is 17.5. The van der Waals surface area contributed by atoms with Crippen molar-refractivity contribution in [1.29, 1.82) is 0 Å². The molecule has 0 unspecified atom stereocenters. The van der Waals surface area contributed by atoms with Crippen LogP contribution in [0.2, 0.25) is 0 Å². The maximum atomic E-state index is 12.1. The van der Waals surface area contributed by atoms with Crippen LogP contribution in [0.1, 0.15) is 32.3 Å². The molecule has 1 heterocycles. The number of likely N-dealkylation sites (tertiary alicyclic amines) is 1. The number of hydrogen-bond acceptors (Lipinski definition) is 1. The zero-order valence-electron chi connectivity index (χ0n) is 15.2. The molecule has 2 heteroatoms. The van der Waals surface area contributed by atoms with Crippen molar-refractivity contribution in [1.82, 2.24) is 4.90 Å². The van der Waals surface area contributed by atoms with Crippen LogP contribution < -0.4 is 0 Å². The summed E-state index contributed by atoms with van der Waals surface area (Å²) >= 11 is 0. The Bertz CT molecular complexity index is 718. The minimum absolute atomic E-state index is 0.172. The molecule has 2 aromatic carbocycles. The largest absolute Gasteiger partial charge is 0.339 e. The van der Waals surface area contributed by atoms with Crippen LogP contribution in [0.3, 0.4) is 0 Å². The van der Waals surface area contributed by atoms with E-state index in [1.54, 1.807) is 6.08 Å². The quantitative estimate of drug-likeness (QED) is 0.713. The van der Waals surface area contributed by atoms with Crippen LogP contribution >= 0.6 is 0 Å². The van der Waals surface area contributed by atoms with Crippen molar-refractivity contribution < 1.29 is 4.79 Å². The summed E-state index contributed by atoms with van der Waals surface area (Å²) in [7, 11) is 0. The maximum Gasteiger partial charge on any atom is 0.246 e. The molecule has 1 amide bonds. The first-order chi connectivity index (χ1) is 12.1. The average Bonchev–Trinajstić information content (AvgIpc) is 2.63. The topological polar surface area (TPSA) is 20.3 Å². The highest BCUT2D eigenvalue weighted by molar-refractivity contribution is 5.88. The second-order valence-corrected chi connectivity index (χ2v) is 7.26. The molecule has 0 radical (unpaired) electrons. The third-order valence-corrected chi connectivity index (χ3v) is 4.92. The van der Waals surface area contributed by atoms with Gasteiger partial charge in [0.1, 0.15) is 0 Å². The minimum Gasteiger partial charge on any atom is -0.339 e. The Morgan fingerprint density at radius 3 is 2.16 bits per heavy atom. The van der Waals surface area contributed by atoms with Gasteiger partial charge < -0.3 is 4.90 Å². The molecule has 0 saturated carbocycles. The van der Waals surface area contributed by atoms with Gasteiger partial charge in [-0.15, -0.1) is 0 Å². The molecule has 0 bridgehead atoms. The van der Waals surface area contributed by atoms with Gasteiger partial charge in [-0.2, -0.15) is 0 Å². The number of carbonyl (C=O) groups is 1. The van der Waals surface area contributed by atoms with Gasteiger partial charge in [0.15, 0.2) is 0 Å². The lowest BCUT2D eigenvalue weighted by atomic mass is 9.89. The van der Waals surface area contributed by atoms with Crippen LogP contribution in [-0.4, -0.2) is 23.9 Å². The van der Waals surface area contributed by atoms with E-state index in [9.17, 15) is 4.79 Å². The summed E-state index contributed by atoms with van der Waals surface area (Å²) in [5, 5.41) is 0. The van der Waals surface area contributed by atoms with Gasteiger partial charge in [0, 0.05) is 19.2 Å². The zero-order valence-corrected chi connectivity index (χ0v) is 15.2. The van der Waals surface area contributed by atoms with Gasteiger partial charge in [0.05, 0.1) is 0 Å². The lowest BCUT2D eigenvalue weighted by Gasteiger charge is -2.31. The predicted molar refractivity (Wildman–Crippen MR) is 104 cm³/mol. The van der Waals surface area contributed by atoms with Crippen LogP contribution in [0.4, 0.5) is 0 Å². The van der Waals surface area contributed by atoms with Gasteiger partial charge in [-0.05, 0) is 55.7 Å². The molecule has 130 valence electrons. The van der Waals surface area contributed by atoms with E-state index < -0.39 is 0 Å². The molecule has 0 aliphatic carbocycles. The fraction of sp³-hybridized carbons (Fsp3) is 0.348. The average molecular weight is 333 g/mol. The first-order valence-corrected chi connectivity index (χ1v) is 9.20. The van der Waals surface area contributed by atoms with E-state index in [0.717, 1.165) is 37.9 Å². The summed E-state index contributed by atoms with van der Waals surface area (Å²) < 4.78 is 0. The number of amides is 1. The summed E-state index contributed by atoms with van der Waals surface area (Å²) in [5.41, 5.74) is 5.01. The number of benzene rings is 2. The van der Waals surface area contributed by atoms with Gasteiger partial charge in [-0.3, -0.25) is 4.79 Å². The Morgan fingerprint density at radius 2 is 1.56 bits per heavy atom. The van der Waals surface area contributed by atoms with Crippen LogP contribution in [-0.2, 0) is 11.2 Å². The number of hydrogen-bond donors (Lipinski definition) is 0. The monoisotopic (exact) mass is 333 g/mol. The predicted octanol–water partition coefficient (Wildman–Crippen LogP) is 5.10. The van der Waals surface area contributed by atoms with Crippen molar-refractivity contribution in [3.8, 4) is 11.1 Å². The van der Waals surface area contributed by atoms with E-state index in [1.807, 2.05) is 24.8 Å². The van der Waals surface area contributed by atoms with Gasteiger partial charge in [-0.1, -0.05) is 60.2 Å². The number of nitrogens with zero attached hydrogens (tertiary/aromatic N) is 1. The van der Waals surface area contributed by atoms with Crippen LogP contribution in [0, 0.1) is 5.92 Å². The SMILES string of the molecule is CC(C)=CC(=O)N1CCC(Cc2ccc(-c3ccccc3)cc2)CC1. The molecule has 3 rings (SSSR count). The highest BCUT2D eigenvalue weighted by Gasteiger charge is 2.21. The zero-order chi connectivity index (χ0) is 17.6. The molecule has 0 spiro atoms. The summed E-state index contributed by atoms with van der Waals surface area (Å²) in [6.45, 7) is 5.72. The molecule has 1 aliphatic rings. The highest BCUT2D eigenvalue weighted by atomic mass is 16.2. The molecule has 0 aromatic heterocycles. The van der Waals surface area contributed by atoms with Crippen molar-refractivity contribution in [3.63, 3.8) is 0 Å². The fourth-order valence-electron chi connectivity index (χ4n) is 3.49. The molecule has 2 aromatic rings. The second kappa shape index (κ2) is 8.15. The lowest BCUT2D eigenvalue weighted by molar-refractivity contribution is -0.127. The molecule has 1 saturated heterocycles. The third-order valence-electron chi connectivity index (χ3n) is 4.92. The van der Waals surface area contributed by atoms with Gasteiger partial charge in [0.25, 0.3) is 0 Å². The Hall–Kier alpha value is -2.35. The molecule has 2 nitrogen and oxygen atoms in total. The molecule has 1 fully saturated rings. The highest BCUT2D eigenvalue weighted by Crippen LogP contribution is 2.24. The van der Waals surface area contributed by atoms with Crippen molar-refractivity contribution in [2.45, 2.75) is 33.1 Å². The molecular formula is C23H27NO. The van der Waals surface area contributed by atoms with E-state index in [1.165, 1.54) is 16.7 Å². The molecule has 0 N–H and O–H groups in total. The normalized spacial score (nSPS) is 15.0. The number of carbonyl (C=O) groups excluding carboxylic acids is 1. The van der Waals surface area contributed by atoms with Crippen LogP contribution in [0.25, 0.3) is 11.1 Å². The number of rotatable bonds is 4. The van der Waals surface area contributed by atoms with Crippen LogP contribution in [0.5, 0.6) is 0 Å². The standard InChI is InChI=1S/C23H27NO/c1-18(2)16-23(25)24-14-12-20(13-15-24)17-19-8-10-22(11-9-19)21-6-4-3-5-7-21/h3-11,16,20H,12-15,17H2,1-2H3. The number of piperidine rings is 1. The molecule has 0 atom stereocenters. The summed E-state index contributed by atoms with van der Waals surface area (Å²) in [5.74, 6) is 0.851. The van der Waals surface area contributed by atoms with Gasteiger partial charge in [-0.25, -0.2) is 0 Å². The van der Waals surface area contributed by atoms with Gasteiger partial charge in [0.2, 0.25) is 5.91 Å². The van der Waals surface area contributed by atoms with E-state index in [2.05, 4.69) is 48.5 Å². The van der Waals surface area contributed by atoms with E-state index in [-0.39, 0.29) is 5.91 Å². The number of allylic oxidation sites excluding steroid dienone is 1. The Morgan fingerprint density at radius 1 is 0.960 bits per heavy atom. The molecule has 1 aliphatic heterocycles. The van der Waals surface area contributed by atoms with Crippen molar-refractivity contribution in [2.24, 2.45) is 5.92 Å².